The van der Waals surface area contributed by atoms with E-state index in [0.717, 1.165) is 21.7 Å². The molecule has 0 aliphatic heterocycles. The van der Waals surface area contributed by atoms with Crippen molar-refractivity contribution in [3.63, 3.8) is 0 Å². The van der Waals surface area contributed by atoms with Crippen LogP contribution in [0.4, 0.5) is 0 Å². The van der Waals surface area contributed by atoms with Crippen LogP contribution in [0.2, 0.25) is 0 Å². The van der Waals surface area contributed by atoms with E-state index in [1.165, 1.54) is 27.0 Å². The highest BCUT2D eigenvalue weighted by Gasteiger charge is 2.12. The maximum Gasteiger partial charge on any atom is 0.262 e. The number of hydrogen-bond acceptors (Lipinski definition) is 4. The number of amides is 1. The third-order valence-corrected chi connectivity index (χ3v) is 5.83. The molecule has 3 rings (SSSR count). The summed E-state index contributed by atoms with van der Waals surface area (Å²) in [5.74, 6) is -0.0520. The molecule has 0 atom stereocenters. The van der Waals surface area contributed by atoms with E-state index in [0.29, 0.717) is 18.5 Å². The largest absolute Gasteiger partial charge is 0.356 e. The van der Waals surface area contributed by atoms with E-state index in [2.05, 4.69) is 29.4 Å². The minimum absolute atomic E-state index is 0.0520. The number of hydrogen-bond donors (Lipinski definition) is 1. The van der Waals surface area contributed by atoms with Gasteiger partial charge in [0.25, 0.3) is 5.56 Å². The monoisotopic (exact) mass is 369 g/mol. The molecule has 1 aromatic carbocycles. The lowest BCUT2D eigenvalue weighted by Gasteiger charge is -2.08. The number of aromatic nitrogens is 2. The molecule has 5 nitrogen and oxygen atoms in total. The van der Waals surface area contributed by atoms with Crippen LogP contribution in [-0.2, 0) is 17.8 Å². The number of thiophene rings is 1. The van der Waals surface area contributed by atoms with Gasteiger partial charge >= 0.3 is 0 Å². The van der Waals surface area contributed by atoms with Crippen LogP contribution >= 0.6 is 11.3 Å². The maximum atomic E-state index is 12.6. The van der Waals surface area contributed by atoms with Crippen molar-refractivity contribution >= 4 is 27.5 Å². The summed E-state index contributed by atoms with van der Waals surface area (Å²) in [7, 11) is 0. The van der Waals surface area contributed by atoms with Crippen LogP contribution in [0.5, 0.6) is 0 Å². The van der Waals surface area contributed by atoms with Gasteiger partial charge in [0.1, 0.15) is 4.83 Å². The maximum absolute atomic E-state index is 12.6. The molecule has 0 saturated heterocycles. The first-order valence-corrected chi connectivity index (χ1v) is 9.55. The average Bonchev–Trinajstić information content (AvgIpc) is 2.91. The zero-order chi connectivity index (χ0) is 18.7. The van der Waals surface area contributed by atoms with E-state index in [4.69, 9.17) is 0 Å². The normalized spacial score (nSPS) is 11.0. The van der Waals surface area contributed by atoms with Gasteiger partial charge in [0.15, 0.2) is 0 Å². The van der Waals surface area contributed by atoms with E-state index in [1.54, 1.807) is 6.33 Å². The molecule has 0 unspecified atom stereocenters. The molecule has 0 fully saturated rings. The van der Waals surface area contributed by atoms with Gasteiger partial charge in [-0.3, -0.25) is 14.2 Å². The Balaban J connectivity index is 1.57. The Morgan fingerprint density at radius 2 is 2.00 bits per heavy atom. The lowest BCUT2D eigenvalue weighted by molar-refractivity contribution is -0.121. The second-order valence-corrected chi connectivity index (χ2v) is 7.69. The van der Waals surface area contributed by atoms with Crippen molar-refractivity contribution in [1.82, 2.24) is 14.9 Å². The first kappa shape index (κ1) is 18.3. The lowest BCUT2D eigenvalue weighted by atomic mass is 10.1. The smallest absolute Gasteiger partial charge is 0.262 e. The van der Waals surface area contributed by atoms with Crippen LogP contribution in [-0.4, -0.2) is 22.0 Å². The van der Waals surface area contributed by atoms with Crippen LogP contribution in [0, 0.1) is 20.8 Å². The van der Waals surface area contributed by atoms with Crippen molar-refractivity contribution in [1.29, 1.82) is 0 Å². The molecule has 136 valence electrons. The van der Waals surface area contributed by atoms with Crippen molar-refractivity contribution in [2.75, 3.05) is 6.54 Å². The number of benzene rings is 1. The molecule has 0 aliphatic rings. The van der Waals surface area contributed by atoms with Gasteiger partial charge in [-0.1, -0.05) is 24.3 Å². The highest BCUT2D eigenvalue weighted by Crippen LogP contribution is 2.25. The molecular formula is C20H23N3O2S. The molecule has 26 heavy (non-hydrogen) atoms. The van der Waals surface area contributed by atoms with Crippen molar-refractivity contribution in [2.45, 2.75) is 40.2 Å². The van der Waals surface area contributed by atoms with Crippen molar-refractivity contribution in [3.8, 4) is 0 Å². The van der Waals surface area contributed by atoms with E-state index >= 15 is 0 Å². The molecule has 2 aromatic heterocycles. The van der Waals surface area contributed by atoms with E-state index in [1.807, 2.05) is 26.0 Å². The van der Waals surface area contributed by atoms with Gasteiger partial charge in [-0.2, -0.15) is 0 Å². The van der Waals surface area contributed by atoms with E-state index in [9.17, 15) is 9.59 Å². The third kappa shape index (κ3) is 3.85. The predicted octanol–water partition coefficient (Wildman–Crippen LogP) is 3.13. The van der Waals surface area contributed by atoms with Gasteiger partial charge in [0.2, 0.25) is 5.91 Å². The van der Waals surface area contributed by atoms with Crippen LogP contribution < -0.4 is 10.9 Å². The quantitative estimate of drug-likeness (QED) is 0.726. The second kappa shape index (κ2) is 7.83. The van der Waals surface area contributed by atoms with Crippen LogP contribution in [0.25, 0.3) is 10.2 Å². The molecule has 3 aromatic rings. The van der Waals surface area contributed by atoms with Crippen molar-refractivity contribution in [3.05, 3.63) is 62.5 Å². The van der Waals surface area contributed by atoms with E-state index < -0.39 is 0 Å². The third-order valence-electron chi connectivity index (χ3n) is 4.71. The summed E-state index contributed by atoms with van der Waals surface area (Å²) in [6, 6.07) is 8.17. The Morgan fingerprint density at radius 1 is 1.23 bits per heavy atom. The Labute approximate surface area is 156 Å². The predicted molar refractivity (Wildman–Crippen MR) is 106 cm³/mol. The first-order valence-electron chi connectivity index (χ1n) is 8.73. The lowest BCUT2D eigenvalue weighted by Crippen LogP contribution is -2.29. The fourth-order valence-electron chi connectivity index (χ4n) is 2.97. The number of fused-ring (bicyclic) bond motifs is 1. The zero-order valence-electron chi connectivity index (χ0n) is 15.3. The van der Waals surface area contributed by atoms with Crippen molar-refractivity contribution in [2.24, 2.45) is 0 Å². The van der Waals surface area contributed by atoms with Gasteiger partial charge in [-0.25, -0.2) is 4.98 Å². The fraction of sp³-hybridized carbons (Fsp3) is 0.350. The highest BCUT2D eigenvalue weighted by molar-refractivity contribution is 7.18. The average molecular weight is 369 g/mol. The molecule has 0 radical (unpaired) electrons. The van der Waals surface area contributed by atoms with Crippen LogP contribution in [0.3, 0.4) is 0 Å². The molecule has 1 amide bonds. The van der Waals surface area contributed by atoms with Gasteiger partial charge in [-0.15, -0.1) is 11.3 Å². The molecule has 1 N–H and O–H groups in total. The minimum atomic E-state index is -0.0652. The summed E-state index contributed by atoms with van der Waals surface area (Å²) in [4.78, 5) is 30.9. The Bertz CT molecular complexity index is 1000. The summed E-state index contributed by atoms with van der Waals surface area (Å²) in [5, 5.41) is 3.60. The van der Waals surface area contributed by atoms with Gasteiger partial charge in [-0.05, 0) is 43.9 Å². The second-order valence-electron chi connectivity index (χ2n) is 6.48. The number of nitrogens with one attached hydrogen (secondary N) is 1. The first-order chi connectivity index (χ1) is 12.5. The number of aryl methyl sites for hydroxylation is 4. The SMILES string of the molecule is Cc1ccccc1CCNC(=O)CCn1cnc2sc(C)c(C)c2c1=O. The van der Waals surface area contributed by atoms with Gasteiger partial charge in [0, 0.05) is 24.4 Å². The number of nitrogens with zero attached hydrogens (tertiary/aromatic N) is 2. The summed E-state index contributed by atoms with van der Waals surface area (Å²) in [5.41, 5.74) is 3.39. The molecule has 0 bridgehead atoms. The molecule has 6 heteroatoms. The Kier molecular flexibility index (Phi) is 5.52. The summed E-state index contributed by atoms with van der Waals surface area (Å²) in [6.07, 6.45) is 2.61. The molecule has 2 heterocycles. The van der Waals surface area contributed by atoms with Crippen molar-refractivity contribution < 1.29 is 4.79 Å². The molecular weight excluding hydrogens is 346 g/mol. The molecule has 0 spiro atoms. The Hall–Kier alpha value is -2.47. The number of rotatable bonds is 6. The Morgan fingerprint density at radius 3 is 2.77 bits per heavy atom. The van der Waals surface area contributed by atoms with Crippen LogP contribution in [0.15, 0.2) is 35.4 Å². The number of carbonyl (C=O) groups excluding carboxylic acids is 1. The number of carbonyl (C=O) groups is 1. The minimum Gasteiger partial charge on any atom is -0.356 e. The summed E-state index contributed by atoms with van der Waals surface area (Å²) < 4.78 is 1.53. The topological polar surface area (TPSA) is 64.0 Å². The highest BCUT2D eigenvalue weighted by atomic mass is 32.1. The van der Waals surface area contributed by atoms with E-state index in [-0.39, 0.29) is 17.9 Å². The fourth-order valence-corrected chi connectivity index (χ4v) is 3.95. The summed E-state index contributed by atoms with van der Waals surface area (Å²) in [6.45, 7) is 6.94. The van der Waals surface area contributed by atoms with Gasteiger partial charge in [0.05, 0.1) is 11.7 Å². The standard InChI is InChI=1S/C20H23N3O2S/c1-13-6-4-5-7-16(13)8-10-21-17(24)9-11-23-12-22-19-18(20(23)25)14(2)15(3)26-19/h4-7,12H,8-11H2,1-3H3,(H,21,24). The zero-order valence-corrected chi connectivity index (χ0v) is 16.2. The molecule has 0 aliphatic carbocycles. The van der Waals surface area contributed by atoms with Gasteiger partial charge < -0.3 is 5.32 Å². The van der Waals surface area contributed by atoms with Crippen LogP contribution in [0.1, 0.15) is 28.0 Å². The summed E-state index contributed by atoms with van der Waals surface area (Å²) >= 11 is 1.53. The molecule has 0 saturated carbocycles.